The smallest absolute Gasteiger partial charge is 0.246 e. The van der Waals surface area contributed by atoms with Crippen LogP contribution in [0.1, 0.15) is 42.7 Å². The molecule has 2 heterocycles. The molecule has 0 spiro atoms. The van der Waals surface area contributed by atoms with Crippen molar-refractivity contribution >= 4 is 17.5 Å². The van der Waals surface area contributed by atoms with Gasteiger partial charge in [0, 0.05) is 24.8 Å². The maximum atomic E-state index is 11.7. The Kier molecular flexibility index (Phi) is 3.68. The van der Waals surface area contributed by atoms with Crippen molar-refractivity contribution in [1.29, 1.82) is 0 Å². The molecular weight excluding hydrogens is 284 g/mol. The highest BCUT2D eigenvalue weighted by Gasteiger charge is 2.28. The quantitative estimate of drug-likeness (QED) is 0.874. The highest BCUT2D eigenvalue weighted by Crippen LogP contribution is 2.37. The first-order chi connectivity index (χ1) is 9.70. The summed E-state index contributed by atoms with van der Waals surface area (Å²) >= 11 is 5.62. The van der Waals surface area contributed by atoms with Gasteiger partial charge < -0.3 is 14.4 Å². The summed E-state index contributed by atoms with van der Waals surface area (Å²) in [5, 5.41) is 10.4. The summed E-state index contributed by atoms with van der Waals surface area (Å²) in [6.45, 7) is 0.246. The van der Waals surface area contributed by atoms with Gasteiger partial charge in [0.15, 0.2) is 11.0 Å². The monoisotopic (exact) mass is 296 g/mol. The zero-order valence-electron chi connectivity index (χ0n) is 10.6. The lowest BCUT2D eigenvalue weighted by Crippen LogP contribution is -2.23. The molecule has 106 valence electrons. The number of nitrogens with zero attached hydrogens (tertiary/aromatic N) is 3. The molecule has 2 aromatic heterocycles. The molecule has 20 heavy (non-hydrogen) atoms. The topological polar surface area (TPSA) is 94.1 Å². The Balaban J connectivity index is 1.41. The van der Waals surface area contributed by atoms with Crippen LogP contribution in [-0.2, 0) is 17.8 Å². The van der Waals surface area contributed by atoms with Crippen molar-refractivity contribution in [2.45, 2.75) is 38.1 Å². The summed E-state index contributed by atoms with van der Waals surface area (Å²) in [6, 6.07) is 1.59. The summed E-state index contributed by atoms with van der Waals surface area (Å²) in [6.07, 6.45) is 2.97. The number of nitrogens with one attached hydrogen (secondary N) is 1. The fraction of sp³-hybridized carbons (Fsp3) is 0.500. The summed E-state index contributed by atoms with van der Waals surface area (Å²) < 4.78 is 9.97. The van der Waals surface area contributed by atoms with Gasteiger partial charge >= 0.3 is 0 Å². The molecule has 1 amide bonds. The molecule has 0 atom stereocenters. The van der Waals surface area contributed by atoms with E-state index in [1.807, 2.05) is 0 Å². The molecule has 1 aliphatic carbocycles. The Bertz CT molecular complexity index is 605. The van der Waals surface area contributed by atoms with Crippen LogP contribution < -0.4 is 5.32 Å². The lowest BCUT2D eigenvalue weighted by Gasteiger charge is -2.00. The molecule has 0 saturated heterocycles. The summed E-state index contributed by atoms with van der Waals surface area (Å²) in [5.74, 6) is 2.08. The Morgan fingerprint density at radius 3 is 2.95 bits per heavy atom. The average Bonchev–Trinajstić information content (AvgIpc) is 3.03. The first-order valence-corrected chi connectivity index (χ1v) is 6.79. The van der Waals surface area contributed by atoms with E-state index >= 15 is 0 Å². The number of halogens is 1. The average molecular weight is 297 g/mol. The van der Waals surface area contributed by atoms with Crippen LogP contribution in [0, 0.1) is 0 Å². The van der Waals surface area contributed by atoms with Crippen LogP contribution in [0.2, 0.25) is 5.15 Å². The van der Waals surface area contributed by atoms with Crippen molar-refractivity contribution < 1.29 is 13.8 Å². The molecule has 1 N–H and O–H groups in total. The van der Waals surface area contributed by atoms with Gasteiger partial charge in [-0.15, -0.1) is 0 Å². The number of rotatable bonds is 6. The van der Waals surface area contributed by atoms with Crippen molar-refractivity contribution in [1.82, 2.24) is 20.6 Å². The molecular formula is C12H13ClN4O3. The lowest BCUT2D eigenvalue weighted by atomic mass is 10.2. The Labute approximate surface area is 119 Å². The summed E-state index contributed by atoms with van der Waals surface area (Å²) in [5.41, 5.74) is 0. The number of amides is 1. The molecule has 7 nitrogen and oxygen atoms in total. The van der Waals surface area contributed by atoms with E-state index in [4.69, 9.17) is 20.6 Å². The number of aryl methyl sites for hydroxylation is 1. The van der Waals surface area contributed by atoms with Gasteiger partial charge in [-0.25, -0.2) is 0 Å². The fourth-order valence-electron chi connectivity index (χ4n) is 1.75. The van der Waals surface area contributed by atoms with Crippen LogP contribution in [0.3, 0.4) is 0 Å². The Morgan fingerprint density at radius 1 is 1.40 bits per heavy atom. The van der Waals surface area contributed by atoms with Crippen molar-refractivity contribution in [3.05, 3.63) is 28.7 Å². The predicted octanol–water partition coefficient (Wildman–Crippen LogP) is 1.84. The largest absolute Gasteiger partial charge is 0.360 e. The van der Waals surface area contributed by atoms with Crippen LogP contribution in [-0.4, -0.2) is 21.2 Å². The third-order valence-corrected chi connectivity index (χ3v) is 3.17. The molecule has 0 bridgehead atoms. The van der Waals surface area contributed by atoms with Crippen molar-refractivity contribution in [2.24, 2.45) is 0 Å². The van der Waals surface area contributed by atoms with Crippen molar-refractivity contribution in [3.63, 3.8) is 0 Å². The number of carbonyl (C=O) groups is 1. The minimum Gasteiger partial charge on any atom is -0.360 e. The molecule has 1 aliphatic rings. The van der Waals surface area contributed by atoms with E-state index in [0.717, 1.165) is 18.7 Å². The normalized spacial score (nSPS) is 14.4. The van der Waals surface area contributed by atoms with Crippen molar-refractivity contribution in [2.75, 3.05) is 0 Å². The number of aromatic nitrogens is 3. The summed E-state index contributed by atoms with van der Waals surface area (Å²) in [4.78, 5) is 15.9. The molecule has 3 rings (SSSR count). The van der Waals surface area contributed by atoms with E-state index in [-0.39, 0.29) is 18.9 Å². The second-order valence-electron chi connectivity index (χ2n) is 4.71. The van der Waals surface area contributed by atoms with Gasteiger partial charge in [0.25, 0.3) is 0 Å². The highest BCUT2D eigenvalue weighted by molar-refractivity contribution is 6.29. The maximum Gasteiger partial charge on any atom is 0.246 e. The van der Waals surface area contributed by atoms with Gasteiger partial charge in [0.05, 0.1) is 6.54 Å². The van der Waals surface area contributed by atoms with E-state index < -0.39 is 0 Å². The van der Waals surface area contributed by atoms with Crippen LogP contribution in [0.15, 0.2) is 15.1 Å². The van der Waals surface area contributed by atoms with Gasteiger partial charge in [-0.3, -0.25) is 4.79 Å². The van der Waals surface area contributed by atoms with Crippen LogP contribution in [0.4, 0.5) is 0 Å². The van der Waals surface area contributed by atoms with Gasteiger partial charge in [-0.1, -0.05) is 21.9 Å². The minimum absolute atomic E-state index is 0.122. The van der Waals surface area contributed by atoms with E-state index in [2.05, 4.69) is 20.6 Å². The second-order valence-corrected chi connectivity index (χ2v) is 5.10. The lowest BCUT2D eigenvalue weighted by molar-refractivity contribution is -0.121. The van der Waals surface area contributed by atoms with Gasteiger partial charge in [-0.05, 0) is 12.8 Å². The van der Waals surface area contributed by atoms with Gasteiger partial charge in [-0.2, -0.15) is 4.98 Å². The minimum atomic E-state index is -0.122. The van der Waals surface area contributed by atoms with Crippen molar-refractivity contribution in [3.8, 4) is 0 Å². The number of carbonyl (C=O) groups excluding carboxylic acids is 1. The van der Waals surface area contributed by atoms with Crippen LogP contribution >= 0.6 is 11.6 Å². The zero-order valence-corrected chi connectivity index (χ0v) is 11.4. The van der Waals surface area contributed by atoms with Gasteiger partial charge in [0.1, 0.15) is 5.76 Å². The standard InChI is InChI=1S/C12H13ClN4O3/c13-9-5-8(19-16-9)3-4-10(18)14-6-11-15-12(17-20-11)7-1-2-7/h5,7H,1-4,6H2,(H,14,18). The molecule has 1 fully saturated rings. The Morgan fingerprint density at radius 2 is 2.25 bits per heavy atom. The Hall–Kier alpha value is -1.89. The molecule has 8 heteroatoms. The second kappa shape index (κ2) is 5.62. The third-order valence-electron chi connectivity index (χ3n) is 2.99. The van der Waals surface area contributed by atoms with E-state index in [0.29, 0.717) is 29.1 Å². The maximum absolute atomic E-state index is 11.7. The van der Waals surface area contributed by atoms with Gasteiger partial charge in [0.2, 0.25) is 11.8 Å². The molecule has 0 aromatic carbocycles. The number of hydrogen-bond donors (Lipinski definition) is 1. The molecule has 2 aromatic rings. The van der Waals surface area contributed by atoms with Crippen LogP contribution in [0.25, 0.3) is 0 Å². The fourth-order valence-corrected chi connectivity index (χ4v) is 1.91. The third kappa shape index (κ3) is 3.36. The van der Waals surface area contributed by atoms with Crippen LogP contribution in [0.5, 0.6) is 0 Å². The predicted molar refractivity (Wildman–Crippen MR) is 68.0 cm³/mol. The highest BCUT2D eigenvalue weighted by atomic mass is 35.5. The van der Waals surface area contributed by atoms with E-state index in [1.165, 1.54) is 0 Å². The van der Waals surface area contributed by atoms with E-state index in [1.54, 1.807) is 6.07 Å². The first-order valence-electron chi connectivity index (χ1n) is 6.41. The molecule has 0 radical (unpaired) electrons. The molecule has 0 aliphatic heterocycles. The number of hydrogen-bond acceptors (Lipinski definition) is 6. The molecule has 1 saturated carbocycles. The summed E-state index contributed by atoms with van der Waals surface area (Å²) in [7, 11) is 0. The molecule has 0 unspecified atom stereocenters. The first kappa shape index (κ1) is 13.1. The van der Waals surface area contributed by atoms with E-state index in [9.17, 15) is 4.79 Å². The zero-order chi connectivity index (χ0) is 13.9. The SMILES string of the molecule is O=C(CCc1cc(Cl)no1)NCc1nc(C2CC2)no1.